The predicted octanol–water partition coefficient (Wildman–Crippen LogP) is 4.12. The summed E-state index contributed by atoms with van der Waals surface area (Å²) in [6.07, 6.45) is 10.3. The molecule has 0 radical (unpaired) electrons. The van der Waals surface area contributed by atoms with E-state index in [2.05, 4.69) is 34.4 Å². The average molecular weight is 509 g/mol. The van der Waals surface area contributed by atoms with Crippen molar-refractivity contribution in [2.45, 2.75) is 65.2 Å². The summed E-state index contributed by atoms with van der Waals surface area (Å²) in [4.78, 5) is 7.08. The van der Waals surface area contributed by atoms with Gasteiger partial charge in [-0.05, 0) is 62.3 Å². The minimum absolute atomic E-state index is 0. The summed E-state index contributed by atoms with van der Waals surface area (Å²) in [6, 6.07) is 0. The third-order valence-electron chi connectivity index (χ3n) is 6.49. The van der Waals surface area contributed by atoms with E-state index in [0.29, 0.717) is 5.41 Å². The highest BCUT2D eigenvalue weighted by molar-refractivity contribution is 14.0. The summed E-state index contributed by atoms with van der Waals surface area (Å²) in [5.74, 6) is 2.67. The molecule has 2 rings (SSSR count). The molecule has 166 valence electrons. The Hall–Kier alpha value is -0.0800. The number of hydrogen-bond donors (Lipinski definition) is 2. The molecule has 0 aromatic heterocycles. The van der Waals surface area contributed by atoms with Gasteiger partial charge in [0.2, 0.25) is 0 Å². The summed E-state index contributed by atoms with van der Waals surface area (Å²) < 4.78 is 5.34. The molecule has 2 fully saturated rings. The number of guanidine groups is 1. The van der Waals surface area contributed by atoms with Crippen molar-refractivity contribution in [3.05, 3.63) is 0 Å². The van der Waals surface area contributed by atoms with Gasteiger partial charge in [0, 0.05) is 46.9 Å². The van der Waals surface area contributed by atoms with Crippen molar-refractivity contribution < 1.29 is 4.74 Å². The molecular weight excluding hydrogens is 463 g/mol. The molecule has 1 aliphatic heterocycles. The molecule has 2 aliphatic rings. The summed E-state index contributed by atoms with van der Waals surface area (Å²) in [7, 11) is 3.68. The van der Waals surface area contributed by atoms with E-state index < -0.39 is 0 Å². The molecule has 1 saturated heterocycles. The fourth-order valence-corrected chi connectivity index (χ4v) is 5.09. The zero-order valence-corrected chi connectivity index (χ0v) is 21.1. The Morgan fingerprint density at radius 2 is 1.79 bits per heavy atom. The van der Waals surface area contributed by atoms with Gasteiger partial charge in [0.05, 0.1) is 0 Å². The van der Waals surface area contributed by atoms with Gasteiger partial charge < -0.3 is 20.3 Å². The SMILES string of the molecule is CN=C(NCCCCN1CC(C)CC(C)C1)NCC1(CCOC)CCCC1.I. The number of rotatable bonds is 10. The largest absolute Gasteiger partial charge is 0.385 e. The van der Waals surface area contributed by atoms with Crippen LogP contribution in [0.2, 0.25) is 0 Å². The van der Waals surface area contributed by atoms with E-state index in [0.717, 1.165) is 43.9 Å². The molecule has 6 heteroatoms. The molecule has 28 heavy (non-hydrogen) atoms. The van der Waals surface area contributed by atoms with E-state index in [1.54, 1.807) is 0 Å². The van der Waals surface area contributed by atoms with Crippen LogP contribution in [0.15, 0.2) is 4.99 Å². The number of ether oxygens (including phenoxy) is 1. The van der Waals surface area contributed by atoms with E-state index >= 15 is 0 Å². The monoisotopic (exact) mass is 508 g/mol. The lowest BCUT2D eigenvalue weighted by Gasteiger charge is -2.35. The van der Waals surface area contributed by atoms with Crippen LogP contribution < -0.4 is 10.6 Å². The second-order valence-electron chi connectivity index (χ2n) is 9.22. The van der Waals surface area contributed by atoms with Crippen molar-refractivity contribution in [1.82, 2.24) is 15.5 Å². The number of piperidine rings is 1. The molecule has 0 spiro atoms. The Morgan fingerprint density at radius 3 is 2.39 bits per heavy atom. The van der Waals surface area contributed by atoms with Crippen LogP contribution >= 0.6 is 24.0 Å². The van der Waals surface area contributed by atoms with Crippen LogP contribution in [0, 0.1) is 17.3 Å². The quantitative estimate of drug-likeness (QED) is 0.202. The minimum atomic E-state index is 0. The maximum atomic E-state index is 5.34. The fourth-order valence-electron chi connectivity index (χ4n) is 5.09. The number of hydrogen-bond acceptors (Lipinski definition) is 3. The summed E-state index contributed by atoms with van der Waals surface area (Å²) in [5.41, 5.74) is 0.398. The summed E-state index contributed by atoms with van der Waals surface area (Å²) >= 11 is 0. The molecule has 0 bridgehead atoms. The second-order valence-corrected chi connectivity index (χ2v) is 9.22. The Balaban J connectivity index is 0.00000392. The molecule has 0 aromatic carbocycles. The lowest BCUT2D eigenvalue weighted by atomic mass is 9.83. The number of methoxy groups -OCH3 is 1. The highest BCUT2D eigenvalue weighted by Crippen LogP contribution is 2.40. The van der Waals surface area contributed by atoms with Crippen LogP contribution in [0.5, 0.6) is 0 Å². The van der Waals surface area contributed by atoms with Gasteiger partial charge in [-0.3, -0.25) is 4.99 Å². The molecular formula is C22H45IN4O. The number of likely N-dealkylation sites (tertiary alicyclic amines) is 1. The molecule has 2 N–H and O–H groups in total. The number of nitrogens with one attached hydrogen (secondary N) is 2. The summed E-state index contributed by atoms with van der Waals surface area (Å²) in [6.45, 7) is 11.5. The third kappa shape index (κ3) is 9.16. The molecule has 0 aromatic rings. The van der Waals surface area contributed by atoms with Crippen molar-refractivity contribution in [3.8, 4) is 0 Å². The molecule has 0 amide bonds. The van der Waals surface area contributed by atoms with E-state index in [9.17, 15) is 0 Å². The maximum Gasteiger partial charge on any atom is 0.190 e. The normalized spacial score (nSPS) is 25.4. The van der Waals surface area contributed by atoms with Gasteiger partial charge in [0.1, 0.15) is 0 Å². The van der Waals surface area contributed by atoms with Crippen LogP contribution in [0.4, 0.5) is 0 Å². The van der Waals surface area contributed by atoms with Crippen molar-refractivity contribution in [1.29, 1.82) is 0 Å². The Labute approximate surface area is 190 Å². The maximum absolute atomic E-state index is 5.34. The smallest absolute Gasteiger partial charge is 0.190 e. The number of unbranched alkanes of at least 4 members (excludes halogenated alkanes) is 1. The highest BCUT2D eigenvalue weighted by Gasteiger charge is 2.33. The Kier molecular flexibility index (Phi) is 13.0. The standard InChI is InChI=1S/C22H44N4O.HI/c1-19-15-20(2)17-26(16-19)13-8-7-12-24-21(23-3)25-18-22(11-14-27-4)9-5-6-10-22;/h19-20H,5-18H2,1-4H3,(H2,23,24,25);1H. The zero-order chi connectivity index (χ0) is 19.5. The lowest BCUT2D eigenvalue weighted by molar-refractivity contribution is 0.138. The molecule has 5 nitrogen and oxygen atoms in total. The van der Waals surface area contributed by atoms with Crippen molar-refractivity contribution in [2.75, 3.05) is 53.5 Å². The van der Waals surface area contributed by atoms with Crippen LogP contribution in [0.3, 0.4) is 0 Å². The average Bonchev–Trinajstić information content (AvgIpc) is 3.10. The number of halogens is 1. The highest BCUT2D eigenvalue weighted by atomic mass is 127. The van der Waals surface area contributed by atoms with Crippen molar-refractivity contribution in [3.63, 3.8) is 0 Å². The molecule has 2 atom stereocenters. The van der Waals surface area contributed by atoms with Gasteiger partial charge in [-0.15, -0.1) is 24.0 Å². The third-order valence-corrected chi connectivity index (χ3v) is 6.49. The zero-order valence-electron chi connectivity index (χ0n) is 18.8. The molecule has 1 heterocycles. The van der Waals surface area contributed by atoms with Gasteiger partial charge in [-0.2, -0.15) is 0 Å². The van der Waals surface area contributed by atoms with Crippen LogP contribution in [-0.2, 0) is 4.74 Å². The van der Waals surface area contributed by atoms with Crippen molar-refractivity contribution in [2.24, 2.45) is 22.2 Å². The topological polar surface area (TPSA) is 48.9 Å². The number of nitrogens with zero attached hydrogens (tertiary/aromatic N) is 2. The number of aliphatic imine (C=N–C) groups is 1. The Morgan fingerprint density at radius 1 is 1.11 bits per heavy atom. The van der Waals surface area contributed by atoms with E-state index in [1.807, 2.05) is 14.2 Å². The molecule has 2 unspecified atom stereocenters. The van der Waals surface area contributed by atoms with Crippen LogP contribution in [0.1, 0.15) is 65.2 Å². The second kappa shape index (κ2) is 14.0. The fraction of sp³-hybridized carbons (Fsp3) is 0.955. The van der Waals surface area contributed by atoms with Gasteiger partial charge in [-0.25, -0.2) is 0 Å². The van der Waals surface area contributed by atoms with Gasteiger partial charge >= 0.3 is 0 Å². The minimum Gasteiger partial charge on any atom is -0.385 e. The van der Waals surface area contributed by atoms with Crippen LogP contribution in [-0.4, -0.2) is 64.3 Å². The van der Waals surface area contributed by atoms with Gasteiger partial charge in [-0.1, -0.05) is 26.7 Å². The first-order valence-electron chi connectivity index (χ1n) is 11.2. The van der Waals surface area contributed by atoms with E-state index in [4.69, 9.17) is 4.74 Å². The predicted molar refractivity (Wildman–Crippen MR) is 131 cm³/mol. The van der Waals surface area contributed by atoms with Crippen molar-refractivity contribution >= 4 is 29.9 Å². The first-order valence-corrected chi connectivity index (χ1v) is 11.2. The molecule has 1 aliphatic carbocycles. The first kappa shape index (κ1) is 26.0. The molecule has 1 saturated carbocycles. The van der Waals surface area contributed by atoms with Crippen LogP contribution in [0.25, 0.3) is 0 Å². The Bertz CT molecular complexity index is 430. The van der Waals surface area contributed by atoms with Gasteiger partial charge in [0.25, 0.3) is 0 Å². The van der Waals surface area contributed by atoms with Gasteiger partial charge in [0.15, 0.2) is 5.96 Å². The van der Waals surface area contributed by atoms with E-state index in [-0.39, 0.29) is 24.0 Å². The van der Waals surface area contributed by atoms with E-state index in [1.165, 1.54) is 64.6 Å². The first-order chi connectivity index (χ1) is 13.1. The summed E-state index contributed by atoms with van der Waals surface area (Å²) in [5, 5.41) is 7.10. The lowest BCUT2D eigenvalue weighted by Crippen LogP contribution is -2.43.